The lowest BCUT2D eigenvalue weighted by Crippen LogP contribution is -2.32. The Kier molecular flexibility index (Phi) is 6.94. The lowest BCUT2D eigenvalue weighted by Gasteiger charge is -2.17. The molecule has 0 saturated heterocycles. The second kappa shape index (κ2) is 8.96. The first-order valence-corrected chi connectivity index (χ1v) is 10.2. The van der Waals surface area contributed by atoms with Gasteiger partial charge in [0.05, 0.1) is 4.90 Å². The highest BCUT2D eigenvalue weighted by molar-refractivity contribution is 7.89. The molecule has 1 unspecified atom stereocenters. The molecule has 1 atom stereocenters. The van der Waals surface area contributed by atoms with Gasteiger partial charge in [0.15, 0.2) is 0 Å². The molecule has 0 fully saturated rings. The minimum absolute atomic E-state index is 0.109. The standard InChI is InChI=1S/C20H26N2O3S/c1-4-8-16(2)21-20(23)18-13-11-17(12-14-18)15-22(3)26(24,25)19-9-6-5-7-10-19/h5-7,9-14,16H,4,8,15H2,1-3H3,(H,21,23). The summed E-state index contributed by atoms with van der Waals surface area (Å²) in [6.45, 7) is 4.31. The number of carbonyl (C=O) groups excluding carboxylic acids is 1. The Bertz CT molecular complexity index is 818. The number of amides is 1. The molecule has 0 aliphatic heterocycles. The van der Waals surface area contributed by atoms with Gasteiger partial charge in [-0.25, -0.2) is 8.42 Å². The summed E-state index contributed by atoms with van der Waals surface area (Å²) in [6, 6.07) is 15.5. The van der Waals surface area contributed by atoms with Crippen LogP contribution in [0.5, 0.6) is 0 Å². The Balaban J connectivity index is 2.04. The van der Waals surface area contributed by atoms with Gasteiger partial charge in [-0.15, -0.1) is 0 Å². The van der Waals surface area contributed by atoms with Crippen molar-refractivity contribution in [2.75, 3.05) is 7.05 Å². The zero-order chi connectivity index (χ0) is 19.2. The summed E-state index contributed by atoms with van der Waals surface area (Å²) < 4.78 is 26.4. The number of hydrogen-bond donors (Lipinski definition) is 1. The fourth-order valence-electron chi connectivity index (χ4n) is 2.69. The number of benzene rings is 2. The zero-order valence-electron chi connectivity index (χ0n) is 15.5. The van der Waals surface area contributed by atoms with Crippen molar-refractivity contribution in [3.05, 3.63) is 65.7 Å². The van der Waals surface area contributed by atoms with E-state index in [1.807, 2.05) is 6.92 Å². The molecule has 0 radical (unpaired) electrons. The maximum atomic E-state index is 12.6. The monoisotopic (exact) mass is 374 g/mol. The first-order valence-electron chi connectivity index (χ1n) is 8.75. The molecule has 0 spiro atoms. The SMILES string of the molecule is CCCC(C)NC(=O)c1ccc(CN(C)S(=O)(=O)c2ccccc2)cc1. The van der Waals surface area contributed by atoms with Crippen LogP contribution in [-0.2, 0) is 16.6 Å². The normalized spacial score (nSPS) is 12.8. The third-order valence-corrected chi connectivity index (χ3v) is 5.99. The number of sulfonamides is 1. The predicted molar refractivity (Wildman–Crippen MR) is 103 cm³/mol. The van der Waals surface area contributed by atoms with Crippen molar-refractivity contribution in [2.45, 2.75) is 44.2 Å². The number of hydrogen-bond acceptors (Lipinski definition) is 3. The quantitative estimate of drug-likeness (QED) is 0.770. The van der Waals surface area contributed by atoms with Gasteiger partial charge in [0.2, 0.25) is 10.0 Å². The van der Waals surface area contributed by atoms with E-state index >= 15 is 0 Å². The molecule has 6 heteroatoms. The van der Waals surface area contributed by atoms with E-state index in [1.165, 1.54) is 4.31 Å². The van der Waals surface area contributed by atoms with Gasteiger partial charge in [0.1, 0.15) is 0 Å². The van der Waals surface area contributed by atoms with Crippen LogP contribution >= 0.6 is 0 Å². The maximum absolute atomic E-state index is 12.6. The van der Waals surface area contributed by atoms with Gasteiger partial charge in [-0.05, 0) is 43.2 Å². The van der Waals surface area contributed by atoms with E-state index in [2.05, 4.69) is 12.2 Å². The average molecular weight is 375 g/mol. The topological polar surface area (TPSA) is 66.5 Å². The lowest BCUT2D eigenvalue weighted by atomic mass is 10.1. The summed E-state index contributed by atoms with van der Waals surface area (Å²) in [5, 5.41) is 2.96. The van der Waals surface area contributed by atoms with Crippen LogP contribution in [0.1, 0.15) is 42.6 Å². The molecule has 0 aliphatic rings. The molecule has 0 aliphatic carbocycles. The van der Waals surface area contributed by atoms with E-state index in [0.717, 1.165) is 18.4 Å². The number of nitrogens with zero attached hydrogens (tertiary/aromatic N) is 1. The minimum atomic E-state index is -3.53. The van der Waals surface area contributed by atoms with Crippen LogP contribution in [0.4, 0.5) is 0 Å². The molecule has 0 bridgehead atoms. The summed E-state index contributed by atoms with van der Waals surface area (Å²) in [6.07, 6.45) is 1.95. The van der Waals surface area contributed by atoms with E-state index in [1.54, 1.807) is 61.6 Å². The van der Waals surface area contributed by atoms with Gasteiger partial charge in [-0.3, -0.25) is 4.79 Å². The highest BCUT2D eigenvalue weighted by Crippen LogP contribution is 2.16. The Labute approximate surface area is 156 Å². The second-order valence-electron chi connectivity index (χ2n) is 6.43. The van der Waals surface area contributed by atoms with Gasteiger partial charge in [-0.2, -0.15) is 4.31 Å². The molecular weight excluding hydrogens is 348 g/mol. The van der Waals surface area contributed by atoms with Crippen LogP contribution in [0.3, 0.4) is 0 Å². The van der Waals surface area contributed by atoms with Gasteiger partial charge in [-0.1, -0.05) is 43.7 Å². The van der Waals surface area contributed by atoms with Gasteiger partial charge < -0.3 is 5.32 Å². The second-order valence-corrected chi connectivity index (χ2v) is 8.48. The summed E-state index contributed by atoms with van der Waals surface area (Å²) in [4.78, 5) is 12.5. The van der Waals surface area contributed by atoms with Gasteiger partial charge in [0.25, 0.3) is 5.91 Å². The zero-order valence-corrected chi connectivity index (χ0v) is 16.3. The van der Waals surface area contributed by atoms with Crippen molar-refractivity contribution >= 4 is 15.9 Å². The molecule has 2 rings (SSSR count). The fourth-order valence-corrected chi connectivity index (χ4v) is 3.87. The van der Waals surface area contributed by atoms with Crippen LogP contribution in [0, 0.1) is 0 Å². The smallest absolute Gasteiger partial charge is 0.251 e. The largest absolute Gasteiger partial charge is 0.350 e. The minimum Gasteiger partial charge on any atom is -0.350 e. The first-order chi connectivity index (χ1) is 12.3. The number of carbonyl (C=O) groups is 1. The van der Waals surface area contributed by atoms with E-state index in [0.29, 0.717) is 5.56 Å². The number of rotatable bonds is 8. The van der Waals surface area contributed by atoms with Crippen LogP contribution in [0.2, 0.25) is 0 Å². The third kappa shape index (κ3) is 5.16. The first kappa shape index (κ1) is 20.1. The summed E-state index contributed by atoms with van der Waals surface area (Å²) >= 11 is 0. The molecule has 2 aromatic carbocycles. The van der Waals surface area contributed by atoms with Crippen LogP contribution in [-0.4, -0.2) is 31.7 Å². The van der Waals surface area contributed by atoms with Crippen LogP contribution in [0.15, 0.2) is 59.5 Å². The highest BCUT2D eigenvalue weighted by Gasteiger charge is 2.20. The van der Waals surface area contributed by atoms with Crippen molar-refractivity contribution in [3.63, 3.8) is 0 Å². The van der Waals surface area contributed by atoms with Crippen molar-refractivity contribution in [3.8, 4) is 0 Å². The predicted octanol–water partition coefficient (Wildman–Crippen LogP) is 3.43. The van der Waals surface area contributed by atoms with E-state index < -0.39 is 10.0 Å². The molecule has 1 N–H and O–H groups in total. The molecule has 0 aromatic heterocycles. The van der Waals surface area contributed by atoms with Gasteiger partial charge in [0, 0.05) is 25.2 Å². The maximum Gasteiger partial charge on any atom is 0.251 e. The Morgan fingerprint density at radius 2 is 1.69 bits per heavy atom. The van der Waals surface area contributed by atoms with Crippen molar-refractivity contribution in [2.24, 2.45) is 0 Å². The molecule has 140 valence electrons. The molecule has 0 saturated carbocycles. The van der Waals surface area contributed by atoms with Crippen LogP contribution < -0.4 is 5.32 Å². The summed E-state index contributed by atoms with van der Waals surface area (Å²) in [5.74, 6) is -0.109. The van der Waals surface area contributed by atoms with Crippen molar-refractivity contribution in [1.82, 2.24) is 9.62 Å². The van der Waals surface area contributed by atoms with E-state index in [4.69, 9.17) is 0 Å². The molecule has 0 heterocycles. The Morgan fingerprint density at radius 1 is 1.08 bits per heavy atom. The molecule has 26 heavy (non-hydrogen) atoms. The molecule has 2 aromatic rings. The van der Waals surface area contributed by atoms with E-state index in [-0.39, 0.29) is 23.4 Å². The Morgan fingerprint density at radius 3 is 2.27 bits per heavy atom. The molecule has 1 amide bonds. The third-order valence-electron chi connectivity index (χ3n) is 4.17. The van der Waals surface area contributed by atoms with Crippen molar-refractivity contribution in [1.29, 1.82) is 0 Å². The fraction of sp³-hybridized carbons (Fsp3) is 0.350. The summed E-state index contributed by atoms with van der Waals surface area (Å²) in [5.41, 5.74) is 1.40. The average Bonchev–Trinajstić information content (AvgIpc) is 2.63. The lowest BCUT2D eigenvalue weighted by molar-refractivity contribution is 0.0938. The van der Waals surface area contributed by atoms with E-state index in [9.17, 15) is 13.2 Å². The highest BCUT2D eigenvalue weighted by atomic mass is 32.2. The molecular formula is C20H26N2O3S. The summed E-state index contributed by atoms with van der Waals surface area (Å²) in [7, 11) is -1.98. The molecule has 5 nitrogen and oxygen atoms in total. The van der Waals surface area contributed by atoms with Crippen LogP contribution in [0.25, 0.3) is 0 Å². The Hall–Kier alpha value is -2.18. The van der Waals surface area contributed by atoms with Crippen molar-refractivity contribution < 1.29 is 13.2 Å². The number of nitrogens with one attached hydrogen (secondary N) is 1. The van der Waals surface area contributed by atoms with Gasteiger partial charge >= 0.3 is 0 Å².